The van der Waals surface area contributed by atoms with E-state index in [4.69, 9.17) is 27.9 Å². The van der Waals surface area contributed by atoms with Crippen molar-refractivity contribution in [1.82, 2.24) is 0 Å². The van der Waals surface area contributed by atoms with Crippen LogP contribution < -0.4 is 0 Å². The maximum atomic E-state index is 12.0. The van der Waals surface area contributed by atoms with Gasteiger partial charge in [0.25, 0.3) is 0 Å². The molecule has 0 fully saturated rings. The molecule has 116 valence electrons. The number of hydrogen-bond acceptors (Lipinski definition) is 3. The highest BCUT2D eigenvalue weighted by Gasteiger charge is 2.24. The zero-order chi connectivity index (χ0) is 16.6. The second-order valence-electron chi connectivity index (χ2n) is 5.31. The number of aryl methyl sites for hydroxylation is 2. The van der Waals surface area contributed by atoms with Crippen LogP contribution in [0.5, 0.6) is 0 Å². The summed E-state index contributed by atoms with van der Waals surface area (Å²) in [6.45, 7) is 4.03. The molecule has 0 unspecified atom stereocenters. The average molecular weight is 346 g/mol. The average Bonchev–Trinajstić information content (AvgIpc) is 2.87. The molecule has 0 aromatic heterocycles. The Morgan fingerprint density at radius 2 is 1.78 bits per heavy atom. The van der Waals surface area contributed by atoms with Crippen molar-refractivity contribution in [3.8, 4) is 0 Å². The third kappa shape index (κ3) is 3.31. The van der Waals surface area contributed by atoms with Crippen molar-refractivity contribution in [3.63, 3.8) is 0 Å². The zero-order valence-corrected chi connectivity index (χ0v) is 14.1. The Kier molecular flexibility index (Phi) is 4.24. The smallest absolute Gasteiger partial charge is 0.363 e. The van der Waals surface area contributed by atoms with Crippen molar-refractivity contribution in [2.24, 2.45) is 4.99 Å². The molecule has 0 spiro atoms. The first-order valence-electron chi connectivity index (χ1n) is 6.99. The summed E-state index contributed by atoms with van der Waals surface area (Å²) in [4.78, 5) is 16.3. The highest BCUT2D eigenvalue weighted by atomic mass is 35.5. The number of carbonyl (C=O) groups excluding carboxylic acids is 1. The van der Waals surface area contributed by atoms with Gasteiger partial charge in [0.1, 0.15) is 0 Å². The second-order valence-corrected chi connectivity index (χ2v) is 6.12. The molecule has 2 aromatic rings. The predicted molar refractivity (Wildman–Crippen MR) is 93.0 cm³/mol. The van der Waals surface area contributed by atoms with Crippen LogP contribution in [0.15, 0.2) is 47.1 Å². The monoisotopic (exact) mass is 345 g/mol. The number of esters is 1. The summed E-state index contributed by atoms with van der Waals surface area (Å²) in [5.74, 6) is -0.172. The molecule has 1 aliphatic heterocycles. The summed E-state index contributed by atoms with van der Waals surface area (Å²) >= 11 is 11.9. The Morgan fingerprint density at radius 3 is 2.48 bits per heavy atom. The molecule has 0 saturated heterocycles. The zero-order valence-electron chi connectivity index (χ0n) is 12.6. The van der Waals surface area contributed by atoms with E-state index in [2.05, 4.69) is 4.99 Å². The first kappa shape index (κ1) is 15.8. The topological polar surface area (TPSA) is 38.7 Å². The lowest BCUT2D eigenvalue weighted by molar-refractivity contribution is -0.129. The number of hydrogen-bond donors (Lipinski definition) is 0. The highest BCUT2D eigenvalue weighted by Crippen LogP contribution is 2.25. The maximum absolute atomic E-state index is 12.0. The minimum absolute atomic E-state index is 0.233. The van der Waals surface area contributed by atoms with Gasteiger partial charge in [-0.25, -0.2) is 9.79 Å². The van der Waals surface area contributed by atoms with Crippen molar-refractivity contribution in [1.29, 1.82) is 0 Å². The third-order valence-corrected chi connectivity index (χ3v) is 4.36. The lowest BCUT2D eigenvalue weighted by atomic mass is 10.1. The van der Waals surface area contributed by atoms with E-state index in [1.165, 1.54) is 5.56 Å². The second kappa shape index (κ2) is 6.19. The fourth-order valence-electron chi connectivity index (χ4n) is 2.17. The Hall–Kier alpha value is -2.10. The molecule has 1 heterocycles. The molecule has 0 radical (unpaired) electrons. The van der Waals surface area contributed by atoms with Crippen LogP contribution in [-0.4, -0.2) is 11.9 Å². The summed E-state index contributed by atoms with van der Waals surface area (Å²) in [6.07, 6.45) is 1.62. The van der Waals surface area contributed by atoms with E-state index in [9.17, 15) is 4.79 Å². The molecule has 3 nitrogen and oxygen atoms in total. The molecule has 0 amide bonds. The summed E-state index contributed by atoms with van der Waals surface area (Å²) in [5.41, 5.74) is 4.03. The molecule has 5 heteroatoms. The van der Waals surface area contributed by atoms with Gasteiger partial charge in [0.2, 0.25) is 5.90 Å². The van der Waals surface area contributed by atoms with Crippen molar-refractivity contribution in [3.05, 3.63) is 74.4 Å². The summed E-state index contributed by atoms with van der Waals surface area (Å²) in [6, 6.07) is 10.9. The van der Waals surface area contributed by atoms with E-state index >= 15 is 0 Å². The van der Waals surface area contributed by atoms with Gasteiger partial charge in [-0.05, 0) is 60.9 Å². The SMILES string of the molecule is Cc1ccc(C2=N/C(=C\c3ccc(Cl)c(Cl)c3)C(=O)O2)cc1C. The van der Waals surface area contributed by atoms with E-state index in [0.29, 0.717) is 15.9 Å². The molecule has 23 heavy (non-hydrogen) atoms. The van der Waals surface area contributed by atoms with Gasteiger partial charge >= 0.3 is 5.97 Å². The third-order valence-electron chi connectivity index (χ3n) is 3.62. The van der Waals surface area contributed by atoms with Crippen LogP contribution in [0.2, 0.25) is 10.0 Å². The number of benzene rings is 2. The quantitative estimate of drug-likeness (QED) is 0.570. The molecular formula is C18H13Cl2NO2. The molecule has 1 aliphatic rings. The van der Waals surface area contributed by atoms with Crippen molar-refractivity contribution in [2.45, 2.75) is 13.8 Å². The van der Waals surface area contributed by atoms with Crippen LogP contribution in [-0.2, 0) is 9.53 Å². The standard InChI is InChI=1S/C18H13Cl2NO2/c1-10-3-5-13(7-11(10)2)17-21-16(18(22)23-17)9-12-4-6-14(19)15(20)8-12/h3-9H,1-2H3/b16-9-. The van der Waals surface area contributed by atoms with Crippen LogP contribution in [0.25, 0.3) is 6.08 Å². The van der Waals surface area contributed by atoms with Gasteiger partial charge in [0.05, 0.1) is 10.0 Å². The highest BCUT2D eigenvalue weighted by molar-refractivity contribution is 6.42. The molecule has 2 aromatic carbocycles. The van der Waals surface area contributed by atoms with Gasteiger partial charge < -0.3 is 4.74 Å². The van der Waals surface area contributed by atoms with Gasteiger partial charge in [-0.1, -0.05) is 35.3 Å². The normalized spacial score (nSPS) is 15.7. The molecule has 0 N–H and O–H groups in total. The first-order chi connectivity index (χ1) is 10.9. The molecule has 0 aliphatic carbocycles. The van der Waals surface area contributed by atoms with Gasteiger partial charge in [-0.2, -0.15) is 0 Å². The van der Waals surface area contributed by atoms with Gasteiger partial charge in [0.15, 0.2) is 5.70 Å². The van der Waals surface area contributed by atoms with Gasteiger partial charge in [-0.3, -0.25) is 0 Å². The van der Waals surface area contributed by atoms with Crippen LogP contribution >= 0.6 is 23.2 Å². The maximum Gasteiger partial charge on any atom is 0.363 e. The fourth-order valence-corrected chi connectivity index (χ4v) is 2.47. The van der Waals surface area contributed by atoms with Crippen LogP contribution in [0, 0.1) is 13.8 Å². The number of nitrogens with zero attached hydrogens (tertiary/aromatic N) is 1. The molecule has 0 bridgehead atoms. The number of rotatable bonds is 2. The van der Waals surface area contributed by atoms with E-state index in [1.807, 2.05) is 32.0 Å². The Bertz CT molecular complexity index is 869. The molecule has 0 saturated carbocycles. The largest absolute Gasteiger partial charge is 0.402 e. The van der Waals surface area contributed by atoms with Crippen molar-refractivity contribution in [2.75, 3.05) is 0 Å². The lowest BCUT2D eigenvalue weighted by Crippen LogP contribution is -2.05. The number of carbonyl (C=O) groups is 1. The summed E-state index contributed by atoms with van der Waals surface area (Å²) in [5, 5.41) is 0.882. The summed E-state index contributed by atoms with van der Waals surface area (Å²) < 4.78 is 5.26. The number of aliphatic imine (C=N–C) groups is 1. The molecular weight excluding hydrogens is 333 g/mol. The predicted octanol–water partition coefficient (Wildman–Crippen LogP) is 4.95. The Labute approximate surface area is 144 Å². The van der Waals surface area contributed by atoms with Gasteiger partial charge in [-0.15, -0.1) is 0 Å². The number of halogens is 2. The number of ether oxygens (including phenoxy) is 1. The van der Waals surface area contributed by atoms with Crippen LogP contribution in [0.3, 0.4) is 0 Å². The summed E-state index contributed by atoms with van der Waals surface area (Å²) in [7, 11) is 0. The van der Waals surface area contributed by atoms with Crippen molar-refractivity contribution >= 4 is 41.1 Å². The molecule has 0 atom stereocenters. The minimum atomic E-state index is -0.482. The van der Waals surface area contributed by atoms with Gasteiger partial charge in [0, 0.05) is 5.56 Å². The first-order valence-corrected chi connectivity index (χ1v) is 7.75. The van der Waals surface area contributed by atoms with E-state index in [0.717, 1.165) is 16.7 Å². The van der Waals surface area contributed by atoms with Crippen molar-refractivity contribution < 1.29 is 9.53 Å². The minimum Gasteiger partial charge on any atom is -0.402 e. The van der Waals surface area contributed by atoms with Crippen LogP contribution in [0.4, 0.5) is 0 Å². The van der Waals surface area contributed by atoms with E-state index < -0.39 is 5.97 Å². The van der Waals surface area contributed by atoms with E-state index in [1.54, 1.807) is 24.3 Å². The molecule has 3 rings (SSSR count). The lowest BCUT2D eigenvalue weighted by Gasteiger charge is -2.03. The fraction of sp³-hybridized carbons (Fsp3) is 0.111. The van der Waals surface area contributed by atoms with E-state index in [-0.39, 0.29) is 5.70 Å². The Morgan fingerprint density at radius 1 is 1.00 bits per heavy atom. The Balaban J connectivity index is 1.95. The van der Waals surface area contributed by atoms with Crippen LogP contribution in [0.1, 0.15) is 22.3 Å². The number of cyclic esters (lactones) is 1.